The molecule has 1 atom stereocenters. The summed E-state index contributed by atoms with van der Waals surface area (Å²) in [5, 5.41) is 3.21. The van der Waals surface area contributed by atoms with E-state index in [1.165, 1.54) is 0 Å². The van der Waals surface area contributed by atoms with Gasteiger partial charge in [0.1, 0.15) is 11.6 Å². The summed E-state index contributed by atoms with van der Waals surface area (Å²) in [6.45, 7) is 2.06. The van der Waals surface area contributed by atoms with E-state index in [0.717, 1.165) is 18.7 Å². The van der Waals surface area contributed by atoms with Crippen LogP contribution in [0.25, 0.3) is 0 Å². The zero-order valence-electron chi connectivity index (χ0n) is 14.6. The predicted octanol–water partition coefficient (Wildman–Crippen LogP) is 3.10. The van der Waals surface area contributed by atoms with Gasteiger partial charge < -0.3 is 20.7 Å². The molecule has 1 aliphatic heterocycles. The summed E-state index contributed by atoms with van der Waals surface area (Å²) < 4.78 is 5.35. The van der Waals surface area contributed by atoms with Gasteiger partial charge in [-0.3, -0.25) is 4.79 Å². The van der Waals surface area contributed by atoms with Gasteiger partial charge in [0.25, 0.3) is 5.91 Å². The fourth-order valence-electron chi connectivity index (χ4n) is 2.93. The number of ether oxygens (including phenoxy) is 1. The highest BCUT2D eigenvalue weighted by molar-refractivity contribution is 5.99. The number of pyridine rings is 1. The molecule has 0 radical (unpaired) electrons. The molecule has 1 unspecified atom stereocenters. The van der Waals surface area contributed by atoms with Gasteiger partial charge in [-0.1, -0.05) is 12.1 Å². The van der Waals surface area contributed by atoms with E-state index in [-0.39, 0.29) is 30.7 Å². The van der Waals surface area contributed by atoms with Crippen molar-refractivity contribution in [1.29, 1.82) is 0 Å². The molecular formula is C18H24Cl2N4O2. The third-order valence-electron chi connectivity index (χ3n) is 4.30. The predicted molar refractivity (Wildman–Crippen MR) is 108 cm³/mol. The Morgan fingerprint density at radius 3 is 2.77 bits per heavy atom. The number of anilines is 2. The molecule has 3 N–H and O–H groups in total. The first-order valence-corrected chi connectivity index (χ1v) is 8.07. The lowest BCUT2D eigenvalue weighted by Gasteiger charge is -2.19. The molecular weight excluding hydrogens is 375 g/mol. The number of carbonyl (C=O) groups is 1. The number of likely N-dealkylation sites (tertiary alicyclic amines) is 1. The van der Waals surface area contributed by atoms with E-state index in [2.05, 4.69) is 10.3 Å². The number of rotatable bonds is 5. The minimum atomic E-state index is -0.0172. The van der Waals surface area contributed by atoms with Crippen molar-refractivity contribution in [3.8, 4) is 5.75 Å². The fraction of sp³-hybridized carbons (Fsp3) is 0.333. The maximum atomic E-state index is 12.8. The average Bonchev–Trinajstić information content (AvgIpc) is 3.11. The highest BCUT2D eigenvalue weighted by atomic mass is 35.5. The van der Waals surface area contributed by atoms with Gasteiger partial charge in [-0.2, -0.15) is 0 Å². The number of benzene rings is 1. The molecule has 1 aliphatic rings. The maximum Gasteiger partial charge on any atom is 0.257 e. The van der Waals surface area contributed by atoms with Gasteiger partial charge in [-0.05, 0) is 43.1 Å². The smallest absolute Gasteiger partial charge is 0.257 e. The van der Waals surface area contributed by atoms with Crippen LogP contribution in [0.4, 0.5) is 11.5 Å². The zero-order chi connectivity index (χ0) is 16.9. The minimum absolute atomic E-state index is 0. The molecule has 2 heterocycles. The third-order valence-corrected chi connectivity index (χ3v) is 4.30. The Bertz CT molecular complexity index is 730. The lowest BCUT2D eigenvalue weighted by atomic mass is 10.1. The van der Waals surface area contributed by atoms with Gasteiger partial charge >= 0.3 is 0 Å². The van der Waals surface area contributed by atoms with Crippen LogP contribution in [0, 0.1) is 5.92 Å². The topological polar surface area (TPSA) is 80.5 Å². The van der Waals surface area contributed by atoms with Crippen LogP contribution in [0.2, 0.25) is 0 Å². The number of nitrogens with two attached hydrogens (primary N) is 1. The molecule has 1 aromatic heterocycles. The van der Waals surface area contributed by atoms with E-state index in [1.54, 1.807) is 25.4 Å². The SMILES string of the molecule is COc1ccccc1Nc1ncccc1C(=O)N1CCC(CN)C1.Cl.Cl. The second kappa shape index (κ2) is 10.2. The van der Waals surface area contributed by atoms with E-state index in [0.29, 0.717) is 36.1 Å². The van der Waals surface area contributed by atoms with Gasteiger partial charge in [0, 0.05) is 19.3 Å². The number of halogens is 2. The number of nitrogens with one attached hydrogen (secondary N) is 1. The summed E-state index contributed by atoms with van der Waals surface area (Å²) in [6, 6.07) is 11.1. The van der Waals surface area contributed by atoms with Crippen LogP contribution in [0.3, 0.4) is 0 Å². The second-order valence-corrected chi connectivity index (χ2v) is 5.87. The number of hydrogen-bond donors (Lipinski definition) is 2. The van der Waals surface area contributed by atoms with Crippen LogP contribution in [0.5, 0.6) is 5.75 Å². The fourth-order valence-corrected chi connectivity index (χ4v) is 2.93. The van der Waals surface area contributed by atoms with Gasteiger partial charge in [0.05, 0.1) is 18.4 Å². The Labute approximate surface area is 165 Å². The summed E-state index contributed by atoms with van der Waals surface area (Å²) in [6.07, 6.45) is 2.62. The van der Waals surface area contributed by atoms with Crippen LogP contribution >= 0.6 is 24.8 Å². The largest absolute Gasteiger partial charge is 0.495 e. The summed E-state index contributed by atoms with van der Waals surface area (Å²) in [5.74, 6) is 1.60. The Balaban J connectivity index is 0.00000169. The zero-order valence-corrected chi connectivity index (χ0v) is 16.2. The van der Waals surface area contributed by atoms with E-state index in [1.807, 2.05) is 29.2 Å². The van der Waals surface area contributed by atoms with Crippen molar-refractivity contribution in [2.45, 2.75) is 6.42 Å². The Morgan fingerprint density at radius 2 is 2.08 bits per heavy atom. The maximum absolute atomic E-state index is 12.8. The van der Waals surface area contributed by atoms with Crippen molar-refractivity contribution in [2.24, 2.45) is 11.7 Å². The van der Waals surface area contributed by atoms with Crippen molar-refractivity contribution >= 4 is 42.2 Å². The molecule has 26 heavy (non-hydrogen) atoms. The van der Waals surface area contributed by atoms with Crippen molar-refractivity contribution in [3.63, 3.8) is 0 Å². The van der Waals surface area contributed by atoms with E-state index in [9.17, 15) is 4.79 Å². The van der Waals surface area contributed by atoms with Crippen LogP contribution < -0.4 is 15.8 Å². The molecule has 0 bridgehead atoms. The highest BCUT2D eigenvalue weighted by Crippen LogP contribution is 2.28. The number of para-hydroxylation sites is 2. The first-order valence-electron chi connectivity index (χ1n) is 8.07. The van der Waals surface area contributed by atoms with Gasteiger partial charge in [-0.15, -0.1) is 24.8 Å². The monoisotopic (exact) mass is 398 g/mol. The number of methoxy groups -OCH3 is 1. The van der Waals surface area contributed by atoms with Crippen molar-refractivity contribution in [2.75, 3.05) is 32.1 Å². The van der Waals surface area contributed by atoms with Crippen molar-refractivity contribution in [3.05, 3.63) is 48.2 Å². The standard InChI is InChI=1S/C18H22N4O2.2ClH/c1-24-16-7-3-2-6-15(16)21-17-14(5-4-9-20-17)18(23)22-10-8-13(11-19)12-22;;/h2-7,9,13H,8,10-12,19H2,1H3,(H,20,21);2*1H. The number of carbonyl (C=O) groups excluding carboxylic acids is 1. The molecule has 8 heteroatoms. The molecule has 0 saturated carbocycles. The second-order valence-electron chi connectivity index (χ2n) is 5.87. The van der Waals surface area contributed by atoms with Crippen LogP contribution in [0.15, 0.2) is 42.6 Å². The van der Waals surface area contributed by atoms with E-state index >= 15 is 0 Å². The molecule has 0 spiro atoms. The lowest BCUT2D eigenvalue weighted by molar-refractivity contribution is 0.0788. The number of amides is 1. The summed E-state index contributed by atoms with van der Waals surface area (Å²) >= 11 is 0. The van der Waals surface area contributed by atoms with Crippen molar-refractivity contribution < 1.29 is 9.53 Å². The molecule has 1 fully saturated rings. The Hall–Kier alpha value is -2.02. The number of hydrogen-bond acceptors (Lipinski definition) is 5. The quantitative estimate of drug-likeness (QED) is 0.808. The Morgan fingerprint density at radius 1 is 1.31 bits per heavy atom. The average molecular weight is 399 g/mol. The highest BCUT2D eigenvalue weighted by Gasteiger charge is 2.27. The molecule has 1 saturated heterocycles. The van der Waals surface area contributed by atoms with E-state index < -0.39 is 0 Å². The minimum Gasteiger partial charge on any atom is -0.495 e. The molecule has 1 aromatic carbocycles. The molecule has 1 amide bonds. The molecule has 3 rings (SSSR count). The summed E-state index contributed by atoms with van der Waals surface area (Å²) in [5.41, 5.74) is 7.05. The van der Waals surface area contributed by atoms with Crippen LogP contribution in [0.1, 0.15) is 16.8 Å². The normalized spacial score (nSPS) is 15.6. The molecule has 142 valence electrons. The summed E-state index contributed by atoms with van der Waals surface area (Å²) in [7, 11) is 1.61. The summed E-state index contributed by atoms with van der Waals surface area (Å²) in [4.78, 5) is 19.0. The molecule has 6 nitrogen and oxygen atoms in total. The molecule has 0 aliphatic carbocycles. The number of nitrogens with zero attached hydrogens (tertiary/aromatic N) is 2. The van der Waals surface area contributed by atoms with Crippen LogP contribution in [-0.4, -0.2) is 42.5 Å². The van der Waals surface area contributed by atoms with Crippen molar-refractivity contribution in [1.82, 2.24) is 9.88 Å². The third kappa shape index (κ3) is 4.78. The first kappa shape index (κ1) is 22.0. The molecule has 2 aromatic rings. The first-order chi connectivity index (χ1) is 11.7. The number of aromatic nitrogens is 1. The van der Waals surface area contributed by atoms with Gasteiger partial charge in [0.15, 0.2) is 0 Å². The van der Waals surface area contributed by atoms with Gasteiger partial charge in [-0.25, -0.2) is 4.98 Å². The van der Waals surface area contributed by atoms with E-state index in [4.69, 9.17) is 10.5 Å². The van der Waals surface area contributed by atoms with Crippen LogP contribution in [-0.2, 0) is 0 Å². The Kier molecular flexibility index (Phi) is 8.65. The lowest BCUT2D eigenvalue weighted by Crippen LogP contribution is -2.30. The van der Waals surface area contributed by atoms with Gasteiger partial charge in [0.2, 0.25) is 0 Å².